The molecular weight excluding hydrogens is 453 g/mol. The smallest absolute Gasteiger partial charge is 0.337 e. The van der Waals surface area contributed by atoms with Gasteiger partial charge in [0.1, 0.15) is 0 Å². The molecule has 27 heavy (non-hydrogen) atoms. The number of allylic oxidation sites excluding steroid dienone is 3. The van der Waals surface area contributed by atoms with Gasteiger partial charge < -0.3 is 10.1 Å². The number of carbonyl (C=O) groups excluding carboxylic acids is 2. The Morgan fingerprint density at radius 2 is 1.85 bits per heavy atom. The van der Waals surface area contributed by atoms with Gasteiger partial charge in [-0.15, -0.1) is 0 Å². The number of nitrogens with one attached hydrogen (secondary N) is 1. The number of hydrogen-bond donors (Lipinski definition) is 1. The average Bonchev–Trinajstić information content (AvgIpc) is 2.52. The van der Waals surface area contributed by atoms with E-state index in [0.717, 1.165) is 32.5 Å². The van der Waals surface area contributed by atoms with Crippen LogP contribution in [0.15, 0.2) is 46.8 Å². The number of rotatable bonds is 3. The van der Waals surface area contributed by atoms with Crippen molar-refractivity contribution in [2.45, 2.75) is 59.5 Å². The maximum Gasteiger partial charge on any atom is 0.337 e. The van der Waals surface area contributed by atoms with Crippen LogP contribution >= 0.6 is 22.6 Å². The van der Waals surface area contributed by atoms with Crippen LogP contribution in [-0.2, 0) is 14.3 Å². The van der Waals surface area contributed by atoms with Crippen LogP contribution in [0, 0.1) is 8.99 Å². The molecule has 0 radical (unpaired) electrons. The summed E-state index contributed by atoms with van der Waals surface area (Å²) in [5.74, 6) is -0.629. The van der Waals surface area contributed by atoms with E-state index in [-0.39, 0.29) is 29.2 Å². The van der Waals surface area contributed by atoms with Crippen molar-refractivity contribution >= 4 is 34.3 Å². The van der Waals surface area contributed by atoms with E-state index in [9.17, 15) is 9.59 Å². The third kappa shape index (κ3) is 4.13. The standard InChI is InChI=1S/C22H26INO3/c1-12(2)27-21(26)18-13(3)24-16-10-22(4,5)11-17(25)20(16)19(18)14-6-8-15(23)9-7-14/h6-9,12,19,24H,10-11H2,1-5H3. The molecule has 1 unspecified atom stereocenters. The molecule has 1 N–H and O–H groups in total. The van der Waals surface area contributed by atoms with Crippen LogP contribution in [0.2, 0.25) is 0 Å². The molecule has 1 aromatic rings. The zero-order valence-electron chi connectivity index (χ0n) is 16.5. The number of benzene rings is 1. The van der Waals surface area contributed by atoms with Crippen molar-refractivity contribution in [1.29, 1.82) is 0 Å². The van der Waals surface area contributed by atoms with Crippen molar-refractivity contribution in [2.24, 2.45) is 5.41 Å². The minimum Gasteiger partial charge on any atom is -0.460 e. The Kier molecular flexibility index (Phi) is 5.52. The Morgan fingerprint density at radius 1 is 1.22 bits per heavy atom. The molecule has 4 nitrogen and oxygen atoms in total. The van der Waals surface area contributed by atoms with Gasteiger partial charge in [-0.1, -0.05) is 26.0 Å². The molecule has 0 aromatic heterocycles. The lowest BCUT2D eigenvalue weighted by Crippen LogP contribution is -2.39. The van der Waals surface area contributed by atoms with Gasteiger partial charge in [-0.05, 0) is 72.9 Å². The van der Waals surface area contributed by atoms with Crippen molar-refractivity contribution in [3.63, 3.8) is 0 Å². The maximum atomic E-state index is 13.1. The first-order chi connectivity index (χ1) is 12.6. The highest BCUT2D eigenvalue weighted by Crippen LogP contribution is 2.46. The first kappa shape index (κ1) is 20.1. The molecule has 1 aromatic carbocycles. The maximum absolute atomic E-state index is 13.1. The zero-order valence-corrected chi connectivity index (χ0v) is 18.6. The second-order valence-corrected chi connectivity index (χ2v) is 9.68. The van der Waals surface area contributed by atoms with E-state index in [2.05, 4.69) is 41.8 Å². The highest BCUT2D eigenvalue weighted by atomic mass is 127. The molecule has 0 spiro atoms. The molecule has 1 aliphatic carbocycles. The molecule has 0 fully saturated rings. The number of halogens is 1. The van der Waals surface area contributed by atoms with E-state index in [0.29, 0.717) is 12.0 Å². The third-order valence-corrected chi connectivity index (χ3v) is 5.72. The molecular formula is C22H26INO3. The fourth-order valence-electron chi connectivity index (χ4n) is 3.97. The largest absolute Gasteiger partial charge is 0.460 e. The van der Waals surface area contributed by atoms with Gasteiger partial charge in [-0.2, -0.15) is 0 Å². The van der Waals surface area contributed by atoms with Gasteiger partial charge in [-0.25, -0.2) is 4.79 Å². The lowest BCUT2D eigenvalue weighted by molar-refractivity contribution is -0.143. The van der Waals surface area contributed by atoms with E-state index in [1.165, 1.54) is 0 Å². The Hall–Kier alpha value is -1.63. The lowest BCUT2D eigenvalue weighted by atomic mass is 9.68. The Balaban J connectivity index is 2.15. The van der Waals surface area contributed by atoms with Gasteiger partial charge >= 0.3 is 5.97 Å². The number of Topliss-reactive ketones (excluding diaryl/α,β-unsaturated/α-hetero) is 1. The molecule has 0 amide bonds. The molecule has 1 aliphatic heterocycles. The summed E-state index contributed by atoms with van der Waals surface area (Å²) in [7, 11) is 0. The number of ether oxygens (including phenoxy) is 1. The fraction of sp³-hybridized carbons (Fsp3) is 0.455. The predicted molar refractivity (Wildman–Crippen MR) is 114 cm³/mol. The second-order valence-electron chi connectivity index (χ2n) is 8.44. The van der Waals surface area contributed by atoms with Crippen molar-refractivity contribution in [3.8, 4) is 0 Å². The van der Waals surface area contributed by atoms with E-state index < -0.39 is 0 Å². The van der Waals surface area contributed by atoms with Gasteiger partial charge in [0, 0.05) is 32.9 Å². The molecule has 0 saturated carbocycles. The zero-order chi connectivity index (χ0) is 19.9. The van der Waals surface area contributed by atoms with Crippen molar-refractivity contribution in [2.75, 3.05) is 0 Å². The van der Waals surface area contributed by atoms with Crippen molar-refractivity contribution < 1.29 is 14.3 Å². The second kappa shape index (κ2) is 7.41. The lowest BCUT2D eigenvalue weighted by Gasteiger charge is -2.39. The molecule has 144 valence electrons. The van der Waals surface area contributed by atoms with Crippen LogP contribution in [0.4, 0.5) is 0 Å². The van der Waals surface area contributed by atoms with E-state index in [1.54, 1.807) is 0 Å². The fourth-order valence-corrected chi connectivity index (χ4v) is 4.33. The summed E-state index contributed by atoms with van der Waals surface area (Å²) in [5, 5.41) is 3.36. The van der Waals surface area contributed by atoms with Crippen LogP contribution in [-0.4, -0.2) is 17.9 Å². The van der Waals surface area contributed by atoms with E-state index in [1.807, 2.05) is 45.0 Å². The van der Waals surface area contributed by atoms with Crippen LogP contribution in [0.5, 0.6) is 0 Å². The van der Waals surface area contributed by atoms with Crippen LogP contribution in [0.1, 0.15) is 58.9 Å². The molecule has 1 heterocycles. The predicted octanol–water partition coefficient (Wildman–Crippen LogP) is 4.85. The summed E-state index contributed by atoms with van der Waals surface area (Å²) in [4.78, 5) is 26.0. The van der Waals surface area contributed by atoms with Gasteiger partial charge in [0.2, 0.25) is 0 Å². The molecule has 0 bridgehead atoms. The van der Waals surface area contributed by atoms with Crippen molar-refractivity contribution in [3.05, 3.63) is 55.9 Å². The summed E-state index contributed by atoms with van der Waals surface area (Å²) in [6.07, 6.45) is 1.06. The summed E-state index contributed by atoms with van der Waals surface area (Å²) in [5.41, 5.74) is 3.84. The van der Waals surface area contributed by atoms with Gasteiger partial charge in [-0.3, -0.25) is 4.79 Å². The number of dihydropyridines is 1. The Bertz CT molecular complexity index is 847. The molecule has 0 saturated heterocycles. The monoisotopic (exact) mass is 479 g/mol. The molecule has 1 atom stereocenters. The quantitative estimate of drug-likeness (QED) is 0.498. The molecule has 5 heteroatoms. The van der Waals surface area contributed by atoms with Gasteiger partial charge in [0.15, 0.2) is 5.78 Å². The Morgan fingerprint density at radius 3 is 2.44 bits per heavy atom. The van der Waals surface area contributed by atoms with Crippen LogP contribution in [0.25, 0.3) is 0 Å². The van der Waals surface area contributed by atoms with Gasteiger partial charge in [0.25, 0.3) is 0 Å². The topological polar surface area (TPSA) is 55.4 Å². The van der Waals surface area contributed by atoms with E-state index >= 15 is 0 Å². The molecule has 3 rings (SSSR count). The first-order valence-corrected chi connectivity index (χ1v) is 10.4. The summed E-state index contributed by atoms with van der Waals surface area (Å²) < 4.78 is 6.63. The normalized spacial score (nSPS) is 21.9. The van der Waals surface area contributed by atoms with Crippen LogP contribution in [0.3, 0.4) is 0 Å². The average molecular weight is 479 g/mol. The first-order valence-electron chi connectivity index (χ1n) is 9.29. The van der Waals surface area contributed by atoms with Crippen LogP contribution < -0.4 is 5.32 Å². The number of esters is 1. The minimum absolute atomic E-state index is 0.0875. The minimum atomic E-state index is -0.381. The Labute approximate surface area is 174 Å². The summed E-state index contributed by atoms with van der Waals surface area (Å²) >= 11 is 2.26. The third-order valence-electron chi connectivity index (χ3n) is 5.01. The number of ketones is 1. The van der Waals surface area contributed by atoms with Crippen molar-refractivity contribution in [1.82, 2.24) is 5.32 Å². The summed E-state index contributed by atoms with van der Waals surface area (Å²) in [6, 6.07) is 8.03. The molecule has 2 aliphatic rings. The SMILES string of the molecule is CC1=C(C(=O)OC(C)C)C(c2ccc(I)cc2)C2=C(CC(C)(C)CC2=O)N1. The van der Waals surface area contributed by atoms with Gasteiger partial charge in [0.05, 0.1) is 11.7 Å². The summed E-state index contributed by atoms with van der Waals surface area (Å²) in [6.45, 7) is 9.79. The highest BCUT2D eigenvalue weighted by Gasteiger charge is 2.43. The number of carbonyl (C=O) groups is 2. The van der Waals surface area contributed by atoms with E-state index in [4.69, 9.17) is 4.74 Å². The number of hydrogen-bond acceptors (Lipinski definition) is 4. The highest BCUT2D eigenvalue weighted by molar-refractivity contribution is 14.1.